The number of nitrogens with one attached hydrogen (secondary N) is 1. The number of anilines is 1. The zero-order valence-corrected chi connectivity index (χ0v) is 21.7. The van der Waals surface area contributed by atoms with Crippen LogP contribution < -0.4 is 5.32 Å². The number of ether oxygens (including phenoxy) is 2. The summed E-state index contributed by atoms with van der Waals surface area (Å²) in [6, 6.07) is 7.44. The molecule has 35 heavy (non-hydrogen) atoms. The molecule has 2 amide bonds. The summed E-state index contributed by atoms with van der Waals surface area (Å²) >= 11 is 0. The number of likely N-dealkylation sites (tertiary alicyclic amines) is 2. The van der Waals surface area contributed by atoms with Crippen molar-refractivity contribution in [3.05, 3.63) is 29.8 Å². The van der Waals surface area contributed by atoms with Crippen LogP contribution in [0.1, 0.15) is 70.2 Å². The second kappa shape index (κ2) is 12.3. The Morgan fingerprint density at radius 3 is 1.97 bits per heavy atom. The van der Waals surface area contributed by atoms with Gasteiger partial charge < -0.3 is 24.6 Å². The Morgan fingerprint density at radius 1 is 0.914 bits per heavy atom. The lowest BCUT2D eigenvalue weighted by atomic mass is 9.79. The second-order valence-corrected chi connectivity index (χ2v) is 10.5. The maximum Gasteiger partial charge on any atom is 0.410 e. The molecule has 1 aromatic carbocycles. The number of esters is 1. The number of rotatable bonds is 7. The van der Waals surface area contributed by atoms with Gasteiger partial charge in [-0.05, 0) is 89.5 Å². The summed E-state index contributed by atoms with van der Waals surface area (Å²) in [4.78, 5) is 40.5. The molecule has 0 bridgehead atoms. The minimum Gasteiger partial charge on any atom is -0.466 e. The van der Waals surface area contributed by atoms with Crippen LogP contribution in [0.4, 0.5) is 10.5 Å². The predicted molar refractivity (Wildman–Crippen MR) is 135 cm³/mol. The van der Waals surface area contributed by atoms with Crippen molar-refractivity contribution in [3.8, 4) is 0 Å². The third kappa shape index (κ3) is 8.15. The summed E-state index contributed by atoms with van der Waals surface area (Å²) in [7, 11) is 0. The standard InChI is InChI=1S/C27H41N3O5/c1-5-34-24(31)10-15-28-23-8-6-22(7-9-23)25(32)29-16-11-20(12-17-29)21-13-18-30(19-14-21)26(33)35-27(2,3)4/h6-9,20-21,28H,5,10-19H2,1-4H3. The first-order valence-corrected chi connectivity index (χ1v) is 12.9. The highest BCUT2D eigenvalue weighted by molar-refractivity contribution is 5.94. The van der Waals surface area contributed by atoms with Gasteiger partial charge in [0.25, 0.3) is 5.91 Å². The van der Waals surface area contributed by atoms with Crippen LogP contribution in [0.25, 0.3) is 0 Å². The lowest BCUT2D eigenvalue weighted by Crippen LogP contribution is -2.45. The summed E-state index contributed by atoms with van der Waals surface area (Å²) < 4.78 is 10.4. The van der Waals surface area contributed by atoms with Gasteiger partial charge in [0.1, 0.15) is 5.60 Å². The molecule has 2 fully saturated rings. The Bertz CT molecular complexity index is 849. The van der Waals surface area contributed by atoms with Gasteiger partial charge in [0, 0.05) is 44.0 Å². The van der Waals surface area contributed by atoms with Gasteiger partial charge in [-0.15, -0.1) is 0 Å². The van der Waals surface area contributed by atoms with E-state index in [1.54, 1.807) is 6.92 Å². The van der Waals surface area contributed by atoms with Crippen molar-refractivity contribution < 1.29 is 23.9 Å². The minimum atomic E-state index is -0.464. The summed E-state index contributed by atoms with van der Waals surface area (Å²) in [5.41, 5.74) is 1.10. The molecule has 0 atom stereocenters. The van der Waals surface area contributed by atoms with Gasteiger partial charge in [0.2, 0.25) is 0 Å². The second-order valence-electron chi connectivity index (χ2n) is 10.5. The van der Waals surface area contributed by atoms with Crippen LogP contribution in [0.15, 0.2) is 24.3 Å². The molecule has 0 aromatic heterocycles. The quantitative estimate of drug-likeness (QED) is 0.568. The van der Waals surface area contributed by atoms with Gasteiger partial charge in [-0.1, -0.05) is 0 Å². The lowest BCUT2D eigenvalue weighted by Gasteiger charge is -2.40. The van der Waals surface area contributed by atoms with Crippen molar-refractivity contribution >= 4 is 23.7 Å². The van der Waals surface area contributed by atoms with Crippen LogP contribution in [0.3, 0.4) is 0 Å². The van der Waals surface area contributed by atoms with E-state index in [1.807, 2.05) is 54.8 Å². The van der Waals surface area contributed by atoms with Crippen LogP contribution in [0.2, 0.25) is 0 Å². The zero-order valence-electron chi connectivity index (χ0n) is 21.7. The van der Waals surface area contributed by atoms with Gasteiger partial charge in [-0.25, -0.2) is 4.79 Å². The van der Waals surface area contributed by atoms with Crippen LogP contribution >= 0.6 is 0 Å². The fourth-order valence-corrected chi connectivity index (χ4v) is 4.91. The van der Waals surface area contributed by atoms with Crippen molar-refractivity contribution in [1.29, 1.82) is 0 Å². The van der Waals surface area contributed by atoms with E-state index in [1.165, 1.54) is 0 Å². The molecule has 3 rings (SSSR count). The number of piperidine rings is 2. The largest absolute Gasteiger partial charge is 0.466 e. The topological polar surface area (TPSA) is 88.2 Å². The van der Waals surface area contributed by atoms with Crippen LogP contribution in [0, 0.1) is 11.8 Å². The Hall–Kier alpha value is -2.77. The molecule has 1 aromatic rings. The van der Waals surface area contributed by atoms with Gasteiger partial charge in [-0.2, -0.15) is 0 Å². The number of carbonyl (C=O) groups excluding carboxylic acids is 3. The molecule has 8 heteroatoms. The summed E-state index contributed by atoms with van der Waals surface area (Å²) in [5.74, 6) is 1.06. The average molecular weight is 488 g/mol. The molecule has 2 saturated heterocycles. The molecule has 2 aliphatic rings. The maximum atomic E-state index is 13.0. The van der Waals surface area contributed by atoms with Crippen LogP contribution in [-0.4, -0.2) is 72.7 Å². The van der Waals surface area contributed by atoms with Crippen molar-refractivity contribution in [1.82, 2.24) is 9.80 Å². The van der Waals surface area contributed by atoms with E-state index in [0.29, 0.717) is 37.0 Å². The molecule has 2 aliphatic heterocycles. The van der Waals surface area contributed by atoms with Crippen LogP contribution in [-0.2, 0) is 14.3 Å². The van der Waals surface area contributed by atoms with E-state index in [-0.39, 0.29) is 18.0 Å². The molecular formula is C27H41N3O5. The fraction of sp³-hybridized carbons (Fsp3) is 0.667. The first kappa shape index (κ1) is 26.8. The summed E-state index contributed by atoms with van der Waals surface area (Å²) in [6.07, 6.45) is 4.12. The monoisotopic (exact) mass is 487 g/mol. The Kier molecular flexibility index (Phi) is 9.40. The molecule has 0 saturated carbocycles. The number of hydrogen-bond acceptors (Lipinski definition) is 6. The Balaban J connectivity index is 1.40. The minimum absolute atomic E-state index is 0.0706. The molecule has 194 valence electrons. The highest BCUT2D eigenvalue weighted by atomic mass is 16.6. The Labute approximate surface area is 209 Å². The van der Waals surface area contributed by atoms with E-state index in [9.17, 15) is 14.4 Å². The van der Waals surface area contributed by atoms with Crippen molar-refractivity contribution in [2.45, 2.75) is 65.4 Å². The average Bonchev–Trinajstić information content (AvgIpc) is 2.83. The van der Waals surface area contributed by atoms with E-state index in [4.69, 9.17) is 9.47 Å². The third-order valence-corrected chi connectivity index (χ3v) is 6.78. The molecule has 0 aliphatic carbocycles. The van der Waals surface area contributed by atoms with Gasteiger partial charge in [-0.3, -0.25) is 9.59 Å². The number of hydrogen-bond donors (Lipinski definition) is 1. The normalized spacial score (nSPS) is 17.7. The van der Waals surface area contributed by atoms with Crippen molar-refractivity contribution in [2.24, 2.45) is 11.8 Å². The summed E-state index contributed by atoms with van der Waals surface area (Å²) in [5, 5.41) is 3.18. The van der Waals surface area contributed by atoms with E-state index in [2.05, 4.69) is 5.32 Å². The maximum absolute atomic E-state index is 13.0. The first-order chi connectivity index (χ1) is 16.7. The number of nitrogens with zero attached hydrogens (tertiary/aromatic N) is 2. The number of benzene rings is 1. The first-order valence-electron chi connectivity index (χ1n) is 12.9. The third-order valence-electron chi connectivity index (χ3n) is 6.78. The molecule has 0 unspecified atom stereocenters. The molecular weight excluding hydrogens is 446 g/mol. The highest BCUT2D eigenvalue weighted by Crippen LogP contribution is 2.33. The molecule has 1 N–H and O–H groups in total. The fourth-order valence-electron chi connectivity index (χ4n) is 4.91. The number of carbonyl (C=O) groups is 3. The van der Waals surface area contributed by atoms with Gasteiger partial charge in [0.05, 0.1) is 13.0 Å². The van der Waals surface area contributed by atoms with E-state index in [0.717, 1.165) is 57.5 Å². The van der Waals surface area contributed by atoms with E-state index < -0.39 is 5.60 Å². The van der Waals surface area contributed by atoms with Crippen LogP contribution in [0.5, 0.6) is 0 Å². The zero-order chi connectivity index (χ0) is 25.4. The van der Waals surface area contributed by atoms with Crippen molar-refractivity contribution in [2.75, 3.05) is 44.6 Å². The van der Waals surface area contributed by atoms with Gasteiger partial charge >= 0.3 is 12.1 Å². The Morgan fingerprint density at radius 2 is 1.46 bits per heavy atom. The highest BCUT2D eigenvalue weighted by Gasteiger charge is 2.33. The summed E-state index contributed by atoms with van der Waals surface area (Å²) in [6.45, 7) is 11.4. The lowest BCUT2D eigenvalue weighted by molar-refractivity contribution is -0.142. The predicted octanol–water partition coefficient (Wildman–Crippen LogP) is 4.55. The van der Waals surface area contributed by atoms with E-state index >= 15 is 0 Å². The number of amides is 2. The smallest absolute Gasteiger partial charge is 0.410 e. The van der Waals surface area contributed by atoms with Gasteiger partial charge in [0.15, 0.2) is 0 Å². The molecule has 0 radical (unpaired) electrons. The molecule has 0 spiro atoms. The molecule has 2 heterocycles. The SMILES string of the molecule is CCOC(=O)CCNc1ccc(C(=O)N2CCC(C3CCN(C(=O)OC(C)(C)C)CC3)CC2)cc1. The van der Waals surface area contributed by atoms with Crippen molar-refractivity contribution in [3.63, 3.8) is 0 Å². The molecule has 8 nitrogen and oxygen atoms in total.